The van der Waals surface area contributed by atoms with E-state index in [4.69, 9.17) is 0 Å². The van der Waals surface area contributed by atoms with Crippen molar-refractivity contribution >= 4 is 12.1 Å². The second kappa shape index (κ2) is 3.65. The molecule has 3 heteroatoms. The Labute approximate surface area is 82.8 Å². The molecular formula is C11H14O3. The molecule has 1 N–H and O–H groups in total. The molecule has 0 aromatic rings. The number of fused-ring (bicyclic) bond motifs is 1. The molecule has 0 amide bonds. The summed E-state index contributed by atoms with van der Waals surface area (Å²) >= 11 is 0. The Morgan fingerprint density at radius 3 is 2.93 bits per heavy atom. The third kappa shape index (κ3) is 1.42. The minimum Gasteiger partial charge on any atom is -0.385 e. The lowest BCUT2D eigenvalue weighted by atomic mass is 9.67. The zero-order valence-electron chi connectivity index (χ0n) is 7.93. The van der Waals surface area contributed by atoms with Gasteiger partial charge in [-0.05, 0) is 25.2 Å². The molecule has 0 saturated heterocycles. The molecule has 2 aliphatic rings. The number of hydrogen-bond acceptors (Lipinski definition) is 3. The SMILES string of the molecule is O=CC1CC=CC2CCC(O)C(=O)C12. The van der Waals surface area contributed by atoms with Crippen LogP contribution >= 0.6 is 0 Å². The molecule has 14 heavy (non-hydrogen) atoms. The van der Waals surface area contributed by atoms with Crippen LogP contribution in [0.3, 0.4) is 0 Å². The normalized spacial score (nSPS) is 41.9. The van der Waals surface area contributed by atoms with Gasteiger partial charge in [0.2, 0.25) is 0 Å². The summed E-state index contributed by atoms with van der Waals surface area (Å²) in [7, 11) is 0. The molecule has 2 rings (SSSR count). The maximum absolute atomic E-state index is 11.7. The van der Waals surface area contributed by atoms with Crippen molar-refractivity contribution in [1.82, 2.24) is 0 Å². The zero-order valence-corrected chi connectivity index (χ0v) is 7.93. The van der Waals surface area contributed by atoms with E-state index in [1.54, 1.807) is 0 Å². The quantitative estimate of drug-likeness (QED) is 0.494. The Morgan fingerprint density at radius 2 is 2.21 bits per heavy atom. The topological polar surface area (TPSA) is 54.4 Å². The van der Waals surface area contributed by atoms with Crippen LogP contribution in [0.4, 0.5) is 0 Å². The van der Waals surface area contributed by atoms with Gasteiger partial charge in [-0.25, -0.2) is 0 Å². The number of Topliss-reactive ketones (excluding diaryl/α,β-unsaturated/α-hetero) is 1. The van der Waals surface area contributed by atoms with Crippen LogP contribution in [-0.4, -0.2) is 23.3 Å². The van der Waals surface area contributed by atoms with Gasteiger partial charge in [-0.2, -0.15) is 0 Å². The number of aliphatic hydroxyl groups excluding tert-OH is 1. The monoisotopic (exact) mass is 194 g/mol. The fourth-order valence-corrected chi connectivity index (χ4v) is 2.55. The average molecular weight is 194 g/mol. The lowest BCUT2D eigenvalue weighted by Crippen LogP contribution is -2.43. The minimum absolute atomic E-state index is 0.136. The van der Waals surface area contributed by atoms with E-state index < -0.39 is 6.10 Å². The highest BCUT2D eigenvalue weighted by molar-refractivity contribution is 5.89. The molecule has 4 unspecified atom stereocenters. The highest BCUT2D eigenvalue weighted by Gasteiger charge is 2.41. The zero-order chi connectivity index (χ0) is 10.1. The summed E-state index contributed by atoms with van der Waals surface area (Å²) < 4.78 is 0. The minimum atomic E-state index is -0.842. The van der Waals surface area contributed by atoms with Crippen LogP contribution in [-0.2, 0) is 9.59 Å². The smallest absolute Gasteiger partial charge is 0.165 e. The van der Waals surface area contributed by atoms with E-state index >= 15 is 0 Å². The number of ketones is 1. The van der Waals surface area contributed by atoms with E-state index in [0.29, 0.717) is 12.8 Å². The van der Waals surface area contributed by atoms with E-state index in [0.717, 1.165) is 12.7 Å². The molecule has 4 atom stereocenters. The van der Waals surface area contributed by atoms with Crippen molar-refractivity contribution in [2.45, 2.75) is 25.4 Å². The highest BCUT2D eigenvalue weighted by atomic mass is 16.3. The van der Waals surface area contributed by atoms with Crippen molar-refractivity contribution in [3.63, 3.8) is 0 Å². The van der Waals surface area contributed by atoms with Crippen LogP contribution in [0.15, 0.2) is 12.2 Å². The summed E-state index contributed by atoms with van der Waals surface area (Å²) in [5.41, 5.74) is 0. The summed E-state index contributed by atoms with van der Waals surface area (Å²) in [5, 5.41) is 9.44. The Kier molecular flexibility index (Phi) is 2.50. The average Bonchev–Trinajstić information content (AvgIpc) is 2.23. The van der Waals surface area contributed by atoms with Crippen LogP contribution in [0.1, 0.15) is 19.3 Å². The molecule has 0 spiro atoms. The molecule has 0 aliphatic heterocycles. The van der Waals surface area contributed by atoms with Gasteiger partial charge in [0, 0.05) is 11.8 Å². The van der Waals surface area contributed by atoms with Gasteiger partial charge < -0.3 is 9.90 Å². The standard InChI is InChI=1S/C11H14O3/c12-6-8-3-1-2-7-4-5-9(13)11(14)10(7)8/h1-2,6-10,13H,3-5H2. The Balaban J connectivity index is 2.25. The summed E-state index contributed by atoms with van der Waals surface area (Å²) in [6.07, 6.45) is 6.01. The molecule has 1 fully saturated rings. The maximum Gasteiger partial charge on any atom is 0.165 e. The summed E-state index contributed by atoms with van der Waals surface area (Å²) in [6, 6.07) is 0. The van der Waals surface area contributed by atoms with E-state index in [1.165, 1.54) is 0 Å². The fourth-order valence-electron chi connectivity index (χ4n) is 2.55. The molecule has 0 aromatic heterocycles. The number of carbonyl (C=O) groups is 2. The van der Waals surface area contributed by atoms with Gasteiger partial charge in [0.05, 0.1) is 0 Å². The van der Waals surface area contributed by atoms with Crippen LogP contribution in [0, 0.1) is 17.8 Å². The number of hydrogen-bond donors (Lipinski definition) is 1. The molecular weight excluding hydrogens is 180 g/mol. The van der Waals surface area contributed by atoms with Crippen LogP contribution in [0.5, 0.6) is 0 Å². The first kappa shape index (κ1) is 9.59. The van der Waals surface area contributed by atoms with Crippen molar-refractivity contribution in [2.24, 2.45) is 17.8 Å². The number of aldehydes is 1. The van der Waals surface area contributed by atoms with Crippen LogP contribution in [0.25, 0.3) is 0 Å². The molecule has 0 heterocycles. The molecule has 0 bridgehead atoms. The van der Waals surface area contributed by atoms with Gasteiger partial charge in [-0.3, -0.25) is 4.79 Å². The van der Waals surface area contributed by atoms with Crippen molar-refractivity contribution in [1.29, 1.82) is 0 Å². The van der Waals surface area contributed by atoms with Crippen LogP contribution < -0.4 is 0 Å². The van der Waals surface area contributed by atoms with E-state index in [2.05, 4.69) is 0 Å². The van der Waals surface area contributed by atoms with Crippen molar-refractivity contribution in [2.75, 3.05) is 0 Å². The van der Waals surface area contributed by atoms with E-state index in [-0.39, 0.29) is 23.5 Å². The second-order valence-corrected chi connectivity index (χ2v) is 4.15. The highest BCUT2D eigenvalue weighted by Crippen LogP contribution is 2.37. The van der Waals surface area contributed by atoms with Gasteiger partial charge >= 0.3 is 0 Å². The number of aliphatic hydroxyl groups is 1. The van der Waals surface area contributed by atoms with Gasteiger partial charge in [0.15, 0.2) is 5.78 Å². The predicted octanol–water partition coefficient (Wildman–Crippen LogP) is 0.718. The van der Waals surface area contributed by atoms with Crippen molar-refractivity contribution in [3.8, 4) is 0 Å². The number of carbonyl (C=O) groups excluding carboxylic acids is 2. The summed E-state index contributed by atoms with van der Waals surface area (Å²) in [4.78, 5) is 22.5. The van der Waals surface area contributed by atoms with Gasteiger partial charge in [0.1, 0.15) is 12.4 Å². The van der Waals surface area contributed by atoms with Crippen LogP contribution in [0.2, 0.25) is 0 Å². The Hall–Kier alpha value is -0.960. The Bertz CT molecular complexity index is 282. The first-order valence-electron chi connectivity index (χ1n) is 5.08. The fraction of sp³-hybridized carbons (Fsp3) is 0.636. The first-order chi connectivity index (χ1) is 6.74. The summed E-state index contributed by atoms with van der Waals surface area (Å²) in [6.45, 7) is 0. The number of allylic oxidation sites excluding steroid dienone is 2. The largest absolute Gasteiger partial charge is 0.385 e. The maximum atomic E-state index is 11.7. The molecule has 2 aliphatic carbocycles. The van der Waals surface area contributed by atoms with Crippen molar-refractivity contribution in [3.05, 3.63) is 12.2 Å². The van der Waals surface area contributed by atoms with E-state index in [1.807, 2.05) is 12.2 Å². The van der Waals surface area contributed by atoms with Gasteiger partial charge in [0.25, 0.3) is 0 Å². The van der Waals surface area contributed by atoms with Crippen molar-refractivity contribution < 1.29 is 14.7 Å². The van der Waals surface area contributed by atoms with Gasteiger partial charge in [-0.15, -0.1) is 0 Å². The third-order valence-electron chi connectivity index (χ3n) is 3.32. The molecule has 0 aromatic carbocycles. The lowest BCUT2D eigenvalue weighted by molar-refractivity contribution is -0.140. The Morgan fingerprint density at radius 1 is 1.43 bits per heavy atom. The third-order valence-corrected chi connectivity index (χ3v) is 3.32. The number of rotatable bonds is 1. The molecule has 1 saturated carbocycles. The predicted molar refractivity (Wildman–Crippen MR) is 50.5 cm³/mol. The molecule has 76 valence electrons. The lowest BCUT2D eigenvalue weighted by Gasteiger charge is -2.36. The first-order valence-corrected chi connectivity index (χ1v) is 5.08. The van der Waals surface area contributed by atoms with Gasteiger partial charge in [-0.1, -0.05) is 12.2 Å². The second-order valence-electron chi connectivity index (χ2n) is 4.15. The summed E-state index contributed by atoms with van der Waals surface area (Å²) in [5.74, 6) is -0.439. The molecule has 0 radical (unpaired) electrons. The molecule has 3 nitrogen and oxygen atoms in total. The van der Waals surface area contributed by atoms with E-state index in [9.17, 15) is 14.7 Å².